The zero-order chi connectivity index (χ0) is 17.5. The lowest BCUT2D eigenvalue weighted by Gasteiger charge is -2.09. The van der Waals surface area contributed by atoms with E-state index in [2.05, 4.69) is 0 Å². The predicted molar refractivity (Wildman–Crippen MR) is 98.2 cm³/mol. The number of ether oxygens (including phenoxy) is 2. The highest BCUT2D eigenvalue weighted by atomic mass is 35.5. The molecule has 2 aromatic carbocycles. The van der Waals surface area contributed by atoms with E-state index in [0.29, 0.717) is 28.8 Å². The molecule has 0 radical (unpaired) electrons. The fourth-order valence-electron chi connectivity index (χ4n) is 2.18. The lowest BCUT2D eigenvalue weighted by atomic mass is 10.1. The van der Waals surface area contributed by atoms with Gasteiger partial charge in [0, 0.05) is 22.8 Å². The zero-order valence-corrected chi connectivity index (χ0v) is 15.0. The summed E-state index contributed by atoms with van der Waals surface area (Å²) in [6.07, 6.45) is 3.23. The van der Waals surface area contributed by atoms with Gasteiger partial charge in [0.2, 0.25) is 0 Å². The first kappa shape index (κ1) is 18.5. The van der Waals surface area contributed by atoms with Crippen LogP contribution in [0.25, 0.3) is 6.08 Å². The Morgan fingerprint density at radius 2 is 1.96 bits per heavy atom. The number of carbonyl (C=O) groups is 1. The molecule has 0 heterocycles. The molecular weight excluding hydrogens is 347 g/mol. The zero-order valence-electron chi connectivity index (χ0n) is 13.5. The van der Waals surface area contributed by atoms with Crippen molar-refractivity contribution in [3.8, 4) is 5.75 Å². The summed E-state index contributed by atoms with van der Waals surface area (Å²) in [5.41, 5.74) is 2.22. The van der Waals surface area contributed by atoms with Crippen molar-refractivity contribution in [2.75, 3.05) is 13.7 Å². The van der Waals surface area contributed by atoms with E-state index in [9.17, 15) is 4.79 Å². The first-order valence-corrected chi connectivity index (χ1v) is 8.23. The second kappa shape index (κ2) is 8.88. The maximum absolute atomic E-state index is 12.3. The molecule has 2 aromatic rings. The smallest absolute Gasteiger partial charge is 0.187 e. The van der Waals surface area contributed by atoms with Crippen LogP contribution in [0.3, 0.4) is 0 Å². The fourth-order valence-corrected chi connectivity index (χ4v) is 2.68. The number of benzene rings is 2. The standard InChI is InChI=1S/C19H18Cl2O3/c1-3-24-12-14-10-13(5-9-19(14)23-2)4-8-18(22)16-7-6-15(20)11-17(16)21/h4-11H,3,12H2,1-2H3/b8-4+. The largest absolute Gasteiger partial charge is 0.496 e. The van der Waals surface area contributed by atoms with E-state index >= 15 is 0 Å². The van der Waals surface area contributed by atoms with E-state index in [1.54, 1.807) is 31.4 Å². The van der Waals surface area contributed by atoms with Crippen molar-refractivity contribution in [2.45, 2.75) is 13.5 Å². The monoisotopic (exact) mass is 364 g/mol. The fraction of sp³-hybridized carbons (Fsp3) is 0.211. The van der Waals surface area contributed by atoms with E-state index in [1.807, 2.05) is 25.1 Å². The number of hydrogen-bond acceptors (Lipinski definition) is 3. The SMILES string of the molecule is CCOCc1cc(/C=C/C(=O)c2ccc(Cl)cc2Cl)ccc1OC. The summed E-state index contributed by atoms with van der Waals surface area (Å²) >= 11 is 11.9. The van der Waals surface area contributed by atoms with E-state index in [-0.39, 0.29) is 5.78 Å². The molecule has 0 saturated carbocycles. The Labute approximate surface area is 151 Å². The lowest BCUT2D eigenvalue weighted by Crippen LogP contribution is -1.97. The highest BCUT2D eigenvalue weighted by molar-refractivity contribution is 6.37. The third-order valence-corrected chi connectivity index (χ3v) is 3.94. The van der Waals surface area contributed by atoms with Gasteiger partial charge in [-0.25, -0.2) is 0 Å². The van der Waals surface area contributed by atoms with Crippen LogP contribution in [0.4, 0.5) is 0 Å². The van der Waals surface area contributed by atoms with Crippen molar-refractivity contribution in [3.05, 3.63) is 69.2 Å². The van der Waals surface area contributed by atoms with Crippen molar-refractivity contribution >= 4 is 35.1 Å². The molecule has 0 aliphatic heterocycles. The minimum absolute atomic E-state index is 0.182. The molecule has 0 atom stereocenters. The third-order valence-electron chi connectivity index (χ3n) is 3.39. The molecule has 0 saturated heterocycles. The van der Waals surface area contributed by atoms with Gasteiger partial charge >= 0.3 is 0 Å². The van der Waals surface area contributed by atoms with Gasteiger partial charge in [-0.05, 0) is 48.9 Å². The maximum atomic E-state index is 12.3. The van der Waals surface area contributed by atoms with Crippen LogP contribution >= 0.6 is 23.2 Å². The number of carbonyl (C=O) groups excluding carboxylic acids is 1. The summed E-state index contributed by atoms with van der Waals surface area (Å²) in [7, 11) is 1.62. The van der Waals surface area contributed by atoms with E-state index in [0.717, 1.165) is 16.9 Å². The first-order valence-electron chi connectivity index (χ1n) is 7.47. The van der Waals surface area contributed by atoms with Gasteiger partial charge in [-0.1, -0.05) is 35.3 Å². The van der Waals surface area contributed by atoms with E-state index in [1.165, 1.54) is 6.08 Å². The van der Waals surface area contributed by atoms with Crippen LogP contribution < -0.4 is 4.74 Å². The highest BCUT2D eigenvalue weighted by Crippen LogP contribution is 2.23. The van der Waals surface area contributed by atoms with Gasteiger partial charge in [0.25, 0.3) is 0 Å². The minimum atomic E-state index is -0.182. The molecule has 2 rings (SSSR count). The number of halogens is 2. The molecule has 3 nitrogen and oxygen atoms in total. The molecule has 0 aromatic heterocycles. The highest BCUT2D eigenvalue weighted by Gasteiger charge is 2.08. The first-order chi connectivity index (χ1) is 11.5. The van der Waals surface area contributed by atoms with Crippen LogP contribution in [-0.2, 0) is 11.3 Å². The summed E-state index contributed by atoms with van der Waals surface area (Å²) in [5.74, 6) is 0.575. The van der Waals surface area contributed by atoms with Gasteiger partial charge in [-0.15, -0.1) is 0 Å². The van der Waals surface area contributed by atoms with Gasteiger partial charge in [-0.3, -0.25) is 4.79 Å². The van der Waals surface area contributed by atoms with Crippen molar-refractivity contribution in [1.82, 2.24) is 0 Å². The summed E-state index contributed by atoms with van der Waals surface area (Å²) in [4.78, 5) is 12.3. The Hall–Kier alpha value is -1.81. The summed E-state index contributed by atoms with van der Waals surface area (Å²) in [5, 5.41) is 0.833. The molecule has 0 unspecified atom stereocenters. The van der Waals surface area contributed by atoms with Gasteiger partial charge in [0.15, 0.2) is 5.78 Å². The Balaban J connectivity index is 2.20. The molecule has 0 aliphatic carbocycles. The molecule has 5 heteroatoms. The molecule has 0 bridgehead atoms. The number of hydrogen-bond donors (Lipinski definition) is 0. The van der Waals surface area contributed by atoms with E-state index < -0.39 is 0 Å². The van der Waals surface area contributed by atoms with Crippen LogP contribution in [-0.4, -0.2) is 19.5 Å². The number of methoxy groups -OCH3 is 1. The van der Waals surface area contributed by atoms with Crippen LogP contribution in [0, 0.1) is 0 Å². The second-order valence-corrected chi connectivity index (χ2v) is 5.87. The maximum Gasteiger partial charge on any atom is 0.187 e. The Kier molecular flexibility index (Phi) is 6.85. The van der Waals surface area contributed by atoms with Crippen LogP contribution in [0.1, 0.15) is 28.4 Å². The second-order valence-electron chi connectivity index (χ2n) is 5.03. The molecule has 24 heavy (non-hydrogen) atoms. The molecule has 126 valence electrons. The van der Waals surface area contributed by atoms with Crippen molar-refractivity contribution in [3.63, 3.8) is 0 Å². The number of ketones is 1. The molecule has 0 spiro atoms. The van der Waals surface area contributed by atoms with Crippen molar-refractivity contribution < 1.29 is 14.3 Å². The van der Waals surface area contributed by atoms with Crippen LogP contribution in [0.5, 0.6) is 5.75 Å². The van der Waals surface area contributed by atoms with Crippen molar-refractivity contribution in [1.29, 1.82) is 0 Å². The molecule has 0 aliphatic rings. The van der Waals surface area contributed by atoms with Gasteiger partial charge in [0.05, 0.1) is 18.7 Å². The minimum Gasteiger partial charge on any atom is -0.496 e. The van der Waals surface area contributed by atoms with Crippen LogP contribution in [0.2, 0.25) is 10.0 Å². The molecular formula is C19H18Cl2O3. The normalized spacial score (nSPS) is 11.0. The van der Waals surface area contributed by atoms with Gasteiger partial charge in [0.1, 0.15) is 5.75 Å². The van der Waals surface area contributed by atoms with Gasteiger partial charge in [-0.2, -0.15) is 0 Å². The Morgan fingerprint density at radius 3 is 2.62 bits per heavy atom. The van der Waals surface area contributed by atoms with Crippen molar-refractivity contribution in [2.24, 2.45) is 0 Å². The van der Waals surface area contributed by atoms with Crippen LogP contribution in [0.15, 0.2) is 42.5 Å². The predicted octanol–water partition coefficient (Wildman–Crippen LogP) is 5.43. The molecule has 0 fully saturated rings. The third kappa shape index (κ3) is 4.84. The number of allylic oxidation sites excluding steroid dienone is 1. The molecule has 0 amide bonds. The lowest BCUT2D eigenvalue weighted by molar-refractivity contribution is 0.104. The topological polar surface area (TPSA) is 35.5 Å². The number of rotatable bonds is 7. The summed E-state index contributed by atoms with van der Waals surface area (Å²) in [6, 6.07) is 10.5. The average Bonchev–Trinajstić information content (AvgIpc) is 2.57. The molecule has 0 N–H and O–H groups in total. The van der Waals surface area contributed by atoms with Gasteiger partial charge < -0.3 is 9.47 Å². The average molecular weight is 365 g/mol. The summed E-state index contributed by atoms with van der Waals surface area (Å²) < 4.78 is 10.8. The summed E-state index contributed by atoms with van der Waals surface area (Å²) in [6.45, 7) is 3.01. The quantitative estimate of drug-likeness (QED) is 0.485. The Morgan fingerprint density at radius 1 is 1.17 bits per heavy atom. The van der Waals surface area contributed by atoms with E-state index in [4.69, 9.17) is 32.7 Å². The Bertz CT molecular complexity index is 754.